The minimum Gasteiger partial charge on any atom is -0.491 e. The van der Waals surface area contributed by atoms with Gasteiger partial charge in [-0.15, -0.1) is 0 Å². The topological polar surface area (TPSA) is 64.1 Å². The van der Waals surface area contributed by atoms with Crippen LogP contribution in [-0.2, 0) is 16.0 Å². The number of nitrogens with zero attached hydrogens (tertiary/aromatic N) is 1. The van der Waals surface area contributed by atoms with E-state index >= 15 is 0 Å². The van der Waals surface area contributed by atoms with Crippen molar-refractivity contribution in [1.82, 2.24) is 10.6 Å². The van der Waals surface area contributed by atoms with Gasteiger partial charge in [0.25, 0.3) is 0 Å². The highest BCUT2D eigenvalue weighted by atomic mass is 16.5. The molecule has 2 aromatic carbocycles. The Morgan fingerprint density at radius 2 is 1.82 bits per heavy atom. The van der Waals surface area contributed by atoms with Crippen LogP contribution in [0.1, 0.15) is 22.8 Å². The molecule has 152 valence electrons. The second kappa shape index (κ2) is 12.0. The van der Waals surface area contributed by atoms with Crippen molar-refractivity contribution in [1.29, 1.82) is 0 Å². The molecule has 0 saturated carbocycles. The van der Waals surface area contributed by atoms with Crippen LogP contribution in [0.15, 0.2) is 53.5 Å². The van der Waals surface area contributed by atoms with Gasteiger partial charge in [-0.2, -0.15) is 0 Å². The third-order valence-corrected chi connectivity index (χ3v) is 4.35. The summed E-state index contributed by atoms with van der Waals surface area (Å²) in [5, 5.41) is 6.66. The van der Waals surface area contributed by atoms with Crippen molar-refractivity contribution in [2.75, 3.05) is 41.0 Å². The molecule has 0 fully saturated rings. The van der Waals surface area contributed by atoms with Gasteiger partial charge in [0.2, 0.25) is 0 Å². The molecule has 1 unspecified atom stereocenters. The van der Waals surface area contributed by atoms with Gasteiger partial charge in [-0.3, -0.25) is 4.99 Å². The Bertz CT molecular complexity index is 735. The second-order valence-corrected chi connectivity index (χ2v) is 6.39. The fourth-order valence-corrected chi connectivity index (χ4v) is 2.77. The number of nitrogens with one attached hydrogen (secondary N) is 2. The summed E-state index contributed by atoms with van der Waals surface area (Å²) in [4.78, 5) is 4.30. The van der Waals surface area contributed by atoms with Gasteiger partial charge in [0.15, 0.2) is 5.96 Å². The molecule has 0 aliphatic heterocycles. The summed E-state index contributed by atoms with van der Waals surface area (Å²) >= 11 is 0. The maximum atomic E-state index is 5.85. The first-order valence-electron chi connectivity index (χ1n) is 9.41. The van der Waals surface area contributed by atoms with Crippen LogP contribution in [0.2, 0.25) is 0 Å². The number of aryl methyl sites for hydroxylation is 1. The molecule has 0 aliphatic rings. The molecule has 1 atom stereocenters. The molecule has 28 heavy (non-hydrogen) atoms. The molecule has 6 heteroatoms. The summed E-state index contributed by atoms with van der Waals surface area (Å²) in [5.41, 5.74) is 3.35. The van der Waals surface area contributed by atoms with Gasteiger partial charge < -0.3 is 24.8 Å². The Morgan fingerprint density at radius 3 is 2.50 bits per heavy atom. The van der Waals surface area contributed by atoms with Crippen LogP contribution >= 0.6 is 0 Å². The normalized spacial score (nSPS) is 12.5. The van der Waals surface area contributed by atoms with Crippen molar-refractivity contribution < 1.29 is 14.2 Å². The van der Waals surface area contributed by atoms with E-state index in [-0.39, 0.29) is 6.10 Å². The quantitative estimate of drug-likeness (QED) is 0.374. The monoisotopic (exact) mass is 385 g/mol. The summed E-state index contributed by atoms with van der Waals surface area (Å²) in [7, 11) is 5.14. The van der Waals surface area contributed by atoms with Crippen LogP contribution in [0.25, 0.3) is 0 Å². The van der Waals surface area contributed by atoms with Gasteiger partial charge in [-0.05, 0) is 24.1 Å². The molecule has 0 radical (unpaired) electrons. The highest BCUT2D eigenvalue weighted by Crippen LogP contribution is 2.20. The zero-order valence-corrected chi connectivity index (χ0v) is 17.2. The van der Waals surface area contributed by atoms with Crippen molar-refractivity contribution >= 4 is 5.96 Å². The lowest BCUT2D eigenvalue weighted by Crippen LogP contribution is -2.39. The molecule has 2 N–H and O–H groups in total. The van der Waals surface area contributed by atoms with Crippen LogP contribution in [0, 0.1) is 6.92 Å². The molecule has 0 spiro atoms. The van der Waals surface area contributed by atoms with E-state index in [1.54, 1.807) is 21.3 Å². The molecule has 2 aromatic rings. The van der Waals surface area contributed by atoms with Crippen molar-refractivity contribution in [2.24, 2.45) is 4.99 Å². The average Bonchev–Trinajstić information content (AvgIpc) is 2.72. The molecule has 0 aliphatic carbocycles. The first kappa shape index (κ1) is 21.7. The minimum absolute atomic E-state index is 0.0490. The molecule has 0 amide bonds. The molecule has 0 bridgehead atoms. The number of methoxy groups -OCH3 is 2. The van der Waals surface area contributed by atoms with E-state index < -0.39 is 0 Å². The number of ether oxygens (including phenoxy) is 3. The molecule has 0 saturated heterocycles. The number of hydrogen-bond acceptors (Lipinski definition) is 4. The van der Waals surface area contributed by atoms with Crippen LogP contribution in [0.3, 0.4) is 0 Å². The summed E-state index contributed by atoms with van der Waals surface area (Å²) in [6, 6.07) is 16.3. The smallest absolute Gasteiger partial charge is 0.191 e. The molecular weight excluding hydrogens is 354 g/mol. The fourth-order valence-electron chi connectivity index (χ4n) is 2.77. The number of hydrogen-bond donors (Lipinski definition) is 2. The standard InChI is InChI=1S/C22H31N3O3/c1-17-10-11-19(20(14-17)28-13-12-26-3)15-24-22(23-2)25-16-21(27-4)18-8-6-5-7-9-18/h5-11,14,21H,12-13,15-16H2,1-4H3,(H2,23,24,25). The summed E-state index contributed by atoms with van der Waals surface area (Å²) in [6.45, 7) is 4.35. The Hall–Kier alpha value is -2.57. The van der Waals surface area contributed by atoms with E-state index in [9.17, 15) is 0 Å². The Balaban J connectivity index is 1.93. The highest BCUT2D eigenvalue weighted by molar-refractivity contribution is 5.79. The van der Waals surface area contributed by atoms with Crippen molar-refractivity contribution in [3.63, 3.8) is 0 Å². The molecule has 0 heterocycles. The van der Waals surface area contributed by atoms with Crippen molar-refractivity contribution in [3.8, 4) is 5.75 Å². The van der Waals surface area contributed by atoms with Crippen LogP contribution < -0.4 is 15.4 Å². The zero-order chi connectivity index (χ0) is 20.2. The van der Waals surface area contributed by atoms with Crippen molar-refractivity contribution in [3.05, 3.63) is 65.2 Å². The van der Waals surface area contributed by atoms with E-state index in [1.807, 2.05) is 24.3 Å². The Kier molecular flexibility index (Phi) is 9.31. The minimum atomic E-state index is -0.0490. The average molecular weight is 386 g/mol. The SMILES string of the molecule is CN=C(NCc1ccc(C)cc1OCCOC)NCC(OC)c1ccccc1. The van der Waals surface area contributed by atoms with E-state index in [0.717, 1.165) is 22.4 Å². The largest absolute Gasteiger partial charge is 0.491 e. The summed E-state index contributed by atoms with van der Waals surface area (Å²) in [5.74, 6) is 1.57. The van der Waals surface area contributed by atoms with Crippen LogP contribution in [0.4, 0.5) is 0 Å². The lowest BCUT2D eigenvalue weighted by molar-refractivity contribution is 0.106. The third-order valence-electron chi connectivity index (χ3n) is 4.35. The Morgan fingerprint density at radius 1 is 1.04 bits per heavy atom. The van der Waals surface area contributed by atoms with Gasteiger partial charge in [0.05, 0.1) is 12.7 Å². The zero-order valence-electron chi connectivity index (χ0n) is 17.2. The van der Waals surface area contributed by atoms with E-state index in [0.29, 0.717) is 32.3 Å². The summed E-state index contributed by atoms with van der Waals surface area (Å²) < 4.78 is 16.5. The fraction of sp³-hybridized carbons (Fsp3) is 0.409. The van der Waals surface area contributed by atoms with Gasteiger partial charge in [0, 0.05) is 39.9 Å². The van der Waals surface area contributed by atoms with E-state index in [2.05, 4.69) is 46.8 Å². The number of benzene rings is 2. The Labute approximate surface area is 167 Å². The lowest BCUT2D eigenvalue weighted by Gasteiger charge is -2.19. The van der Waals surface area contributed by atoms with Gasteiger partial charge in [-0.1, -0.05) is 42.5 Å². The predicted octanol–water partition coefficient (Wildman–Crippen LogP) is 3.07. The van der Waals surface area contributed by atoms with Gasteiger partial charge in [-0.25, -0.2) is 0 Å². The van der Waals surface area contributed by atoms with Crippen LogP contribution in [-0.4, -0.2) is 47.0 Å². The lowest BCUT2D eigenvalue weighted by atomic mass is 10.1. The maximum Gasteiger partial charge on any atom is 0.191 e. The second-order valence-electron chi connectivity index (χ2n) is 6.39. The molecule has 2 rings (SSSR count). The van der Waals surface area contributed by atoms with E-state index in [1.165, 1.54) is 0 Å². The third kappa shape index (κ3) is 6.87. The highest BCUT2D eigenvalue weighted by Gasteiger charge is 2.11. The first-order valence-corrected chi connectivity index (χ1v) is 9.41. The first-order chi connectivity index (χ1) is 13.7. The van der Waals surface area contributed by atoms with Crippen LogP contribution in [0.5, 0.6) is 5.75 Å². The van der Waals surface area contributed by atoms with Crippen molar-refractivity contribution in [2.45, 2.75) is 19.6 Å². The molecule has 0 aromatic heterocycles. The van der Waals surface area contributed by atoms with E-state index in [4.69, 9.17) is 14.2 Å². The number of rotatable bonds is 10. The molecular formula is C22H31N3O3. The number of guanidine groups is 1. The number of aliphatic imine (C=N–C) groups is 1. The predicted molar refractivity (Wildman–Crippen MR) is 113 cm³/mol. The molecule has 6 nitrogen and oxygen atoms in total. The van der Waals surface area contributed by atoms with Gasteiger partial charge in [0.1, 0.15) is 12.4 Å². The maximum absolute atomic E-state index is 5.85. The summed E-state index contributed by atoms with van der Waals surface area (Å²) in [6.07, 6.45) is -0.0490. The van der Waals surface area contributed by atoms with Gasteiger partial charge >= 0.3 is 0 Å².